The molecule has 1 aromatic rings. The lowest BCUT2D eigenvalue weighted by atomic mass is 10.2. The number of benzene rings is 1. The molecule has 2 N–H and O–H groups in total. The summed E-state index contributed by atoms with van der Waals surface area (Å²) in [4.78, 5) is 11.5. The van der Waals surface area contributed by atoms with Gasteiger partial charge in [0.25, 0.3) is 0 Å². The van der Waals surface area contributed by atoms with Crippen molar-refractivity contribution in [2.75, 3.05) is 11.9 Å². The Balaban J connectivity index is 2.27. The third-order valence-corrected chi connectivity index (χ3v) is 2.59. The Bertz CT molecular complexity index is 351. The smallest absolute Gasteiger partial charge is 0.225 e. The van der Waals surface area contributed by atoms with Crippen molar-refractivity contribution in [3.05, 3.63) is 30.1 Å². The molecule has 0 aliphatic rings. The summed E-state index contributed by atoms with van der Waals surface area (Å²) in [6.45, 7) is 4.83. The molecule has 0 bridgehead atoms. The number of nitrogens with one attached hydrogen (secondary N) is 2. The number of carbonyl (C=O) groups is 1. The number of rotatable bonds is 6. The largest absolute Gasteiger partial charge is 0.326 e. The third-order valence-electron chi connectivity index (χ3n) is 2.59. The predicted molar refractivity (Wildman–Crippen MR) is 67.4 cm³/mol. The fourth-order valence-corrected chi connectivity index (χ4v) is 1.33. The van der Waals surface area contributed by atoms with Crippen LogP contribution in [0.2, 0.25) is 0 Å². The van der Waals surface area contributed by atoms with Gasteiger partial charge in [0.15, 0.2) is 0 Å². The SMILES string of the molecule is CCC(C)NCCC(=O)Nc1ccc(F)cc1. The molecule has 1 unspecified atom stereocenters. The molecular weight excluding hydrogens is 219 g/mol. The van der Waals surface area contributed by atoms with Crippen LogP contribution in [0.15, 0.2) is 24.3 Å². The highest BCUT2D eigenvalue weighted by Gasteiger charge is 2.03. The molecule has 0 heterocycles. The van der Waals surface area contributed by atoms with Crippen LogP contribution in [0.3, 0.4) is 0 Å². The van der Waals surface area contributed by atoms with Crippen molar-refractivity contribution in [3.8, 4) is 0 Å². The minimum atomic E-state index is -0.304. The number of amides is 1. The van der Waals surface area contributed by atoms with E-state index in [0.717, 1.165) is 6.42 Å². The van der Waals surface area contributed by atoms with E-state index in [0.29, 0.717) is 24.7 Å². The van der Waals surface area contributed by atoms with Gasteiger partial charge in [-0.15, -0.1) is 0 Å². The Labute approximate surface area is 101 Å². The molecule has 4 heteroatoms. The van der Waals surface area contributed by atoms with Gasteiger partial charge in [-0.05, 0) is 37.6 Å². The summed E-state index contributed by atoms with van der Waals surface area (Å²) in [6.07, 6.45) is 1.46. The molecule has 94 valence electrons. The summed E-state index contributed by atoms with van der Waals surface area (Å²) < 4.78 is 12.6. The molecule has 17 heavy (non-hydrogen) atoms. The van der Waals surface area contributed by atoms with Gasteiger partial charge < -0.3 is 10.6 Å². The number of halogens is 1. The fourth-order valence-electron chi connectivity index (χ4n) is 1.33. The zero-order chi connectivity index (χ0) is 12.7. The van der Waals surface area contributed by atoms with Crippen molar-refractivity contribution < 1.29 is 9.18 Å². The monoisotopic (exact) mass is 238 g/mol. The van der Waals surface area contributed by atoms with Gasteiger partial charge >= 0.3 is 0 Å². The lowest BCUT2D eigenvalue weighted by Gasteiger charge is -2.10. The van der Waals surface area contributed by atoms with Crippen molar-refractivity contribution in [3.63, 3.8) is 0 Å². The minimum Gasteiger partial charge on any atom is -0.326 e. The van der Waals surface area contributed by atoms with Crippen molar-refractivity contribution >= 4 is 11.6 Å². The Morgan fingerprint density at radius 2 is 2.00 bits per heavy atom. The molecule has 0 fully saturated rings. The minimum absolute atomic E-state index is 0.0626. The summed E-state index contributed by atoms with van der Waals surface area (Å²) in [5.74, 6) is -0.367. The van der Waals surface area contributed by atoms with Crippen molar-refractivity contribution in [2.24, 2.45) is 0 Å². The van der Waals surface area contributed by atoms with Crippen LogP contribution >= 0.6 is 0 Å². The van der Waals surface area contributed by atoms with Crippen molar-refractivity contribution in [1.29, 1.82) is 0 Å². The highest BCUT2D eigenvalue weighted by atomic mass is 19.1. The quantitative estimate of drug-likeness (QED) is 0.799. The van der Waals surface area contributed by atoms with Gasteiger partial charge in [0, 0.05) is 24.7 Å². The van der Waals surface area contributed by atoms with Gasteiger partial charge in [-0.25, -0.2) is 4.39 Å². The predicted octanol–water partition coefficient (Wildman–Crippen LogP) is 2.54. The standard InChI is InChI=1S/C13H19FN2O/c1-3-10(2)15-9-8-13(17)16-12-6-4-11(14)5-7-12/h4-7,10,15H,3,8-9H2,1-2H3,(H,16,17). The van der Waals surface area contributed by atoms with E-state index >= 15 is 0 Å². The second-order valence-corrected chi connectivity index (χ2v) is 4.07. The van der Waals surface area contributed by atoms with Gasteiger partial charge in [-0.1, -0.05) is 6.92 Å². The molecule has 1 aromatic carbocycles. The normalized spacial score (nSPS) is 12.2. The van der Waals surface area contributed by atoms with Gasteiger partial charge in [-0.3, -0.25) is 4.79 Å². The van der Waals surface area contributed by atoms with Crippen LogP contribution in [0.25, 0.3) is 0 Å². The van der Waals surface area contributed by atoms with Crippen LogP contribution in [0.4, 0.5) is 10.1 Å². The molecule has 0 spiro atoms. The molecule has 1 atom stereocenters. The maximum atomic E-state index is 12.6. The molecule has 0 radical (unpaired) electrons. The number of carbonyl (C=O) groups excluding carboxylic acids is 1. The first-order valence-electron chi connectivity index (χ1n) is 5.90. The van der Waals surface area contributed by atoms with E-state index in [1.807, 2.05) is 0 Å². The Kier molecular flexibility index (Phi) is 5.63. The van der Waals surface area contributed by atoms with E-state index in [9.17, 15) is 9.18 Å². The Hall–Kier alpha value is -1.42. The van der Waals surface area contributed by atoms with Gasteiger partial charge in [-0.2, -0.15) is 0 Å². The zero-order valence-electron chi connectivity index (χ0n) is 10.3. The van der Waals surface area contributed by atoms with E-state index in [1.165, 1.54) is 12.1 Å². The lowest BCUT2D eigenvalue weighted by Crippen LogP contribution is -2.28. The van der Waals surface area contributed by atoms with E-state index in [2.05, 4.69) is 24.5 Å². The molecule has 0 saturated heterocycles. The summed E-state index contributed by atoms with van der Waals surface area (Å²) in [5.41, 5.74) is 0.625. The van der Waals surface area contributed by atoms with Crippen LogP contribution in [0, 0.1) is 5.82 Å². The molecule has 0 saturated carbocycles. The van der Waals surface area contributed by atoms with Crippen LogP contribution in [0.1, 0.15) is 26.7 Å². The first kappa shape index (κ1) is 13.6. The first-order chi connectivity index (χ1) is 8.11. The van der Waals surface area contributed by atoms with E-state index in [4.69, 9.17) is 0 Å². The van der Waals surface area contributed by atoms with E-state index < -0.39 is 0 Å². The molecule has 1 amide bonds. The van der Waals surface area contributed by atoms with Gasteiger partial charge in [0.1, 0.15) is 5.82 Å². The maximum absolute atomic E-state index is 12.6. The second-order valence-electron chi connectivity index (χ2n) is 4.07. The number of hydrogen-bond donors (Lipinski definition) is 2. The topological polar surface area (TPSA) is 41.1 Å². The van der Waals surface area contributed by atoms with Crippen molar-refractivity contribution in [1.82, 2.24) is 5.32 Å². The summed E-state index contributed by atoms with van der Waals surface area (Å²) in [6, 6.07) is 6.18. The summed E-state index contributed by atoms with van der Waals surface area (Å²) in [5, 5.41) is 5.95. The third kappa shape index (κ3) is 5.45. The van der Waals surface area contributed by atoms with Gasteiger partial charge in [0.2, 0.25) is 5.91 Å². The van der Waals surface area contributed by atoms with Crippen LogP contribution in [-0.4, -0.2) is 18.5 Å². The van der Waals surface area contributed by atoms with Crippen LogP contribution < -0.4 is 10.6 Å². The zero-order valence-corrected chi connectivity index (χ0v) is 10.3. The fraction of sp³-hybridized carbons (Fsp3) is 0.462. The lowest BCUT2D eigenvalue weighted by molar-refractivity contribution is -0.116. The Morgan fingerprint density at radius 3 is 2.59 bits per heavy atom. The van der Waals surface area contributed by atoms with Gasteiger partial charge in [0.05, 0.1) is 0 Å². The highest BCUT2D eigenvalue weighted by molar-refractivity contribution is 5.90. The molecule has 1 rings (SSSR count). The highest BCUT2D eigenvalue weighted by Crippen LogP contribution is 2.08. The summed E-state index contributed by atoms with van der Waals surface area (Å²) >= 11 is 0. The average Bonchev–Trinajstić information content (AvgIpc) is 2.32. The number of anilines is 1. The first-order valence-corrected chi connectivity index (χ1v) is 5.90. The molecule has 3 nitrogen and oxygen atoms in total. The summed E-state index contributed by atoms with van der Waals surface area (Å²) in [7, 11) is 0. The maximum Gasteiger partial charge on any atom is 0.225 e. The van der Waals surface area contributed by atoms with Crippen LogP contribution in [-0.2, 0) is 4.79 Å². The average molecular weight is 238 g/mol. The van der Waals surface area contributed by atoms with Crippen molar-refractivity contribution in [2.45, 2.75) is 32.7 Å². The Morgan fingerprint density at radius 1 is 1.35 bits per heavy atom. The second kappa shape index (κ2) is 7.01. The van der Waals surface area contributed by atoms with Crippen LogP contribution in [0.5, 0.6) is 0 Å². The molecule has 0 aliphatic carbocycles. The number of hydrogen-bond acceptors (Lipinski definition) is 2. The van der Waals surface area contributed by atoms with E-state index in [-0.39, 0.29) is 11.7 Å². The molecule has 0 aromatic heterocycles. The molecule has 0 aliphatic heterocycles. The van der Waals surface area contributed by atoms with E-state index in [1.54, 1.807) is 12.1 Å². The molecular formula is C13H19FN2O.